The molecule has 0 aromatic heterocycles. The Morgan fingerprint density at radius 3 is 2.91 bits per heavy atom. The van der Waals surface area contributed by atoms with Crippen LogP contribution in [0.1, 0.15) is 36.3 Å². The molecular formula is C17H21N2O3P. The SMILES string of the molecule is O=CNC(=O)C1CCN(C(=O)C2CCCc3cc(P)ccc32)C1. The molecule has 0 saturated carbocycles. The first-order chi connectivity index (χ1) is 11.1. The molecule has 122 valence electrons. The highest BCUT2D eigenvalue weighted by atomic mass is 31.0. The lowest BCUT2D eigenvalue weighted by Gasteiger charge is -2.29. The molecule has 0 bridgehead atoms. The second kappa shape index (κ2) is 6.79. The van der Waals surface area contributed by atoms with Gasteiger partial charge in [0.05, 0.1) is 11.8 Å². The molecule has 1 aromatic rings. The van der Waals surface area contributed by atoms with Crippen LogP contribution in [0, 0.1) is 5.92 Å². The Balaban J connectivity index is 1.73. The number of hydrogen-bond donors (Lipinski definition) is 1. The van der Waals surface area contributed by atoms with Crippen molar-refractivity contribution in [3.8, 4) is 0 Å². The van der Waals surface area contributed by atoms with Gasteiger partial charge in [0.2, 0.25) is 18.2 Å². The topological polar surface area (TPSA) is 66.5 Å². The van der Waals surface area contributed by atoms with E-state index in [0.29, 0.717) is 25.9 Å². The average molecular weight is 332 g/mol. The summed E-state index contributed by atoms with van der Waals surface area (Å²) in [7, 11) is 2.70. The van der Waals surface area contributed by atoms with E-state index >= 15 is 0 Å². The molecule has 1 heterocycles. The van der Waals surface area contributed by atoms with Crippen molar-refractivity contribution in [2.75, 3.05) is 13.1 Å². The maximum Gasteiger partial charge on any atom is 0.231 e. The van der Waals surface area contributed by atoms with Crippen molar-refractivity contribution in [3.05, 3.63) is 29.3 Å². The zero-order valence-electron chi connectivity index (χ0n) is 13.0. The molecule has 0 radical (unpaired) electrons. The Bertz CT molecular complexity index is 647. The summed E-state index contributed by atoms with van der Waals surface area (Å²) in [5.74, 6) is -0.547. The minimum absolute atomic E-state index is 0.0998. The highest BCUT2D eigenvalue weighted by Gasteiger charge is 2.36. The zero-order valence-corrected chi connectivity index (χ0v) is 14.1. The van der Waals surface area contributed by atoms with Gasteiger partial charge in [-0.15, -0.1) is 9.24 Å². The van der Waals surface area contributed by atoms with Crippen LogP contribution in [0.15, 0.2) is 18.2 Å². The first kappa shape index (κ1) is 16.1. The maximum atomic E-state index is 12.9. The van der Waals surface area contributed by atoms with Gasteiger partial charge in [-0.05, 0) is 42.1 Å². The molecule has 3 amide bonds. The molecule has 3 atom stereocenters. The first-order valence-electron chi connectivity index (χ1n) is 8.01. The summed E-state index contributed by atoms with van der Waals surface area (Å²) in [4.78, 5) is 36.8. The van der Waals surface area contributed by atoms with Crippen molar-refractivity contribution in [2.24, 2.45) is 5.92 Å². The fraction of sp³-hybridized carbons (Fsp3) is 0.471. The predicted molar refractivity (Wildman–Crippen MR) is 90.4 cm³/mol. The molecule has 2 aliphatic rings. The lowest BCUT2D eigenvalue weighted by molar-refractivity contribution is -0.132. The maximum absolute atomic E-state index is 12.9. The molecule has 3 rings (SSSR count). The van der Waals surface area contributed by atoms with Crippen molar-refractivity contribution in [1.29, 1.82) is 0 Å². The van der Waals surface area contributed by atoms with Crippen molar-refractivity contribution in [1.82, 2.24) is 10.2 Å². The number of aryl methyl sites for hydroxylation is 1. The Hall–Kier alpha value is -1.74. The van der Waals surface area contributed by atoms with Crippen LogP contribution >= 0.6 is 9.24 Å². The number of hydrogen-bond acceptors (Lipinski definition) is 3. The largest absolute Gasteiger partial charge is 0.341 e. The second-order valence-electron chi connectivity index (χ2n) is 6.30. The van der Waals surface area contributed by atoms with Crippen LogP contribution < -0.4 is 10.6 Å². The van der Waals surface area contributed by atoms with Gasteiger partial charge in [0.1, 0.15) is 0 Å². The van der Waals surface area contributed by atoms with Gasteiger partial charge in [-0.1, -0.05) is 18.2 Å². The van der Waals surface area contributed by atoms with Crippen LogP contribution in [0.2, 0.25) is 0 Å². The van der Waals surface area contributed by atoms with E-state index in [2.05, 4.69) is 26.7 Å². The van der Waals surface area contributed by atoms with E-state index < -0.39 is 0 Å². The van der Waals surface area contributed by atoms with Gasteiger partial charge < -0.3 is 4.90 Å². The zero-order chi connectivity index (χ0) is 16.4. The Morgan fingerprint density at radius 1 is 1.30 bits per heavy atom. The summed E-state index contributed by atoms with van der Waals surface area (Å²) in [6.45, 7) is 0.995. The molecule has 23 heavy (non-hydrogen) atoms. The predicted octanol–water partition coefficient (Wildman–Crippen LogP) is 0.728. The fourth-order valence-corrected chi connectivity index (χ4v) is 3.96. The molecule has 1 saturated heterocycles. The number of benzene rings is 1. The van der Waals surface area contributed by atoms with E-state index in [1.165, 1.54) is 5.56 Å². The number of carbonyl (C=O) groups excluding carboxylic acids is 3. The van der Waals surface area contributed by atoms with E-state index in [1.54, 1.807) is 4.90 Å². The van der Waals surface area contributed by atoms with Gasteiger partial charge in [0.25, 0.3) is 0 Å². The molecule has 6 heteroatoms. The molecule has 5 nitrogen and oxygen atoms in total. The highest BCUT2D eigenvalue weighted by molar-refractivity contribution is 7.27. The van der Waals surface area contributed by atoms with Crippen molar-refractivity contribution >= 4 is 32.8 Å². The molecule has 1 aliphatic heterocycles. The third-order valence-corrected chi connectivity index (χ3v) is 5.21. The summed E-state index contributed by atoms with van der Waals surface area (Å²) in [6.07, 6.45) is 3.93. The third kappa shape index (κ3) is 3.30. The number of nitrogens with one attached hydrogen (secondary N) is 1. The van der Waals surface area contributed by atoms with E-state index in [-0.39, 0.29) is 23.7 Å². The standard InChI is InChI=1S/C17H21N2O3P/c20-10-18-16(21)12-6-7-19(9-12)17(22)15-3-1-2-11-8-13(23)4-5-14(11)15/h4-5,8,10,12,15H,1-3,6-7,9,23H2,(H,18,20,21). The number of carbonyl (C=O) groups is 3. The summed E-state index contributed by atoms with van der Waals surface area (Å²) in [6, 6.07) is 6.23. The lowest BCUT2D eigenvalue weighted by Crippen LogP contribution is -2.37. The number of nitrogens with zero attached hydrogens (tertiary/aromatic N) is 1. The van der Waals surface area contributed by atoms with Gasteiger partial charge in [-0.2, -0.15) is 0 Å². The van der Waals surface area contributed by atoms with Crippen LogP contribution in [0.3, 0.4) is 0 Å². The van der Waals surface area contributed by atoms with Gasteiger partial charge in [-0.3, -0.25) is 19.7 Å². The van der Waals surface area contributed by atoms with Crippen LogP contribution in [-0.4, -0.2) is 36.2 Å². The molecular weight excluding hydrogens is 311 g/mol. The third-order valence-electron chi connectivity index (χ3n) is 4.85. The van der Waals surface area contributed by atoms with Crippen LogP contribution in [0.5, 0.6) is 0 Å². The van der Waals surface area contributed by atoms with Crippen molar-refractivity contribution in [2.45, 2.75) is 31.6 Å². The average Bonchev–Trinajstić information content (AvgIpc) is 3.03. The number of likely N-dealkylation sites (tertiary alicyclic amines) is 1. The van der Waals surface area contributed by atoms with E-state index in [9.17, 15) is 14.4 Å². The molecule has 0 spiro atoms. The molecule has 1 N–H and O–H groups in total. The highest BCUT2D eigenvalue weighted by Crippen LogP contribution is 2.34. The summed E-state index contributed by atoms with van der Waals surface area (Å²) < 4.78 is 0. The minimum Gasteiger partial charge on any atom is -0.341 e. The smallest absolute Gasteiger partial charge is 0.231 e. The second-order valence-corrected chi connectivity index (χ2v) is 6.97. The fourth-order valence-electron chi connectivity index (χ4n) is 3.66. The normalized spacial score (nSPS) is 23.3. The van der Waals surface area contributed by atoms with E-state index in [1.807, 2.05) is 6.07 Å². The van der Waals surface area contributed by atoms with Gasteiger partial charge in [0.15, 0.2) is 0 Å². The van der Waals surface area contributed by atoms with Crippen molar-refractivity contribution in [3.63, 3.8) is 0 Å². The number of amides is 3. The number of rotatable bonds is 3. The summed E-state index contributed by atoms with van der Waals surface area (Å²) in [5, 5.41) is 3.33. The minimum atomic E-state index is -0.285. The van der Waals surface area contributed by atoms with E-state index in [4.69, 9.17) is 0 Å². The number of imide groups is 1. The van der Waals surface area contributed by atoms with Crippen LogP contribution in [0.4, 0.5) is 0 Å². The van der Waals surface area contributed by atoms with Gasteiger partial charge in [0, 0.05) is 13.1 Å². The lowest BCUT2D eigenvalue weighted by atomic mass is 9.82. The monoisotopic (exact) mass is 332 g/mol. The Morgan fingerprint density at radius 2 is 2.13 bits per heavy atom. The van der Waals surface area contributed by atoms with Crippen LogP contribution in [0.25, 0.3) is 0 Å². The number of fused-ring (bicyclic) bond motifs is 1. The van der Waals surface area contributed by atoms with Gasteiger partial charge in [-0.25, -0.2) is 0 Å². The molecule has 1 aliphatic carbocycles. The molecule has 1 fully saturated rings. The van der Waals surface area contributed by atoms with Gasteiger partial charge >= 0.3 is 0 Å². The molecule has 3 unspecified atom stereocenters. The summed E-state index contributed by atoms with van der Waals surface area (Å²) >= 11 is 0. The Labute approximate surface area is 138 Å². The summed E-state index contributed by atoms with van der Waals surface area (Å²) in [5.41, 5.74) is 2.39. The van der Waals surface area contributed by atoms with E-state index in [0.717, 1.165) is 30.1 Å². The Kier molecular flexibility index (Phi) is 4.76. The van der Waals surface area contributed by atoms with Crippen molar-refractivity contribution < 1.29 is 14.4 Å². The van der Waals surface area contributed by atoms with Crippen LogP contribution in [-0.2, 0) is 20.8 Å². The molecule has 1 aromatic carbocycles. The quantitative estimate of drug-likeness (QED) is 0.655. The first-order valence-corrected chi connectivity index (χ1v) is 8.59.